The minimum absolute atomic E-state index is 0.0784. The molecule has 3 aliphatic rings. The van der Waals surface area contributed by atoms with Crippen molar-refractivity contribution in [2.24, 2.45) is 5.92 Å². The molecule has 3 fully saturated rings. The Bertz CT molecular complexity index is 908. The molecular formula is C22H28N4O2. The number of rotatable bonds is 4. The van der Waals surface area contributed by atoms with E-state index in [2.05, 4.69) is 11.5 Å². The number of imidazole rings is 1. The van der Waals surface area contributed by atoms with E-state index >= 15 is 0 Å². The standard InChI is InChI=1S/C22H28N4O2/c1-15-8-10-24(11-9-15)21(28)14-26-19-5-3-2-4-18(19)23-22(26)16-12-20(27)25(13-16)17-6-7-17/h2-5,15-17H,6-14H2,1H3. The summed E-state index contributed by atoms with van der Waals surface area (Å²) in [7, 11) is 0. The van der Waals surface area contributed by atoms with E-state index in [1.54, 1.807) is 0 Å². The van der Waals surface area contributed by atoms with Crippen LogP contribution in [0.5, 0.6) is 0 Å². The molecule has 0 bridgehead atoms. The third-order valence-corrected chi connectivity index (χ3v) is 6.63. The molecule has 3 heterocycles. The van der Waals surface area contributed by atoms with Crippen LogP contribution in [-0.2, 0) is 16.1 Å². The minimum Gasteiger partial charge on any atom is -0.341 e. The lowest BCUT2D eigenvalue weighted by Gasteiger charge is -2.30. The first kappa shape index (κ1) is 17.7. The highest BCUT2D eigenvalue weighted by Crippen LogP contribution is 2.37. The number of para-hydroxylation sites is 2. The summed E-state index contributed by atoms with van der Waals surface area (Å²) in [6, 6.07) is 8.44. The van der Waals surface area contributed by atoms with Gasteiger partial charge in [0, 0.05) is 38.0 Å². The lowest BCUT2D eigenvalue weighted by Crippen LogP contribution is -2.40. The Balaban J connectivity index is 1.43. The van der Waals surface area contributed by atoms with Crippen LogP contribution in [0.3, 0.4) is 0 Å². The zero-order valence-electron chi connectivity index (χ0n) is 16.5. The number of fused-ring (bicyclic) bond motifs is 1. The van der Waals surface area contributed by atoms with Crippen molar-refractivity contribution in [2.45, 2.75) is 57.5 Å². The van der Waals surface area contributed by atoms with Gasteiger partial charge >= 0.3 is 0 Å². The average molecular weight is 380 g/mol. The summed E-state index contributed by atoms with van der Waals surface area (Å²) < 4.78 is 2.07. The van der Waals surface area contributed by atoms with Crippen LogP contribution in [0.1, 0.15) is 50.8 Å². The van der Waals surface area contributed by atoms with Crippen molar-refractivity contribution in [3.8, 4) is 0 Å². The molecule has 6 nitrogen and oxygen atoms in total. The summed E-state index contributed by atoms with van der Waals surface area (Å²) in [5, 5.41) is 0. The average Bonchev–Trinajstić information content (AvgIpc) is 3.38. The molecule has 2 aliphatic heterocycles. The fraction of sp³-hybridized carbons (Fsp3) is 0.591. The molecular weight excluding hydrogens is 352 g/mol. The fourth-order valence-electron chi connectivity index (χ4n) is 4.71. The van der Waals surface area contributed by atoms with Crippen molar-refractivity contribution in [1.29, 1.82) is 0 Å². The second kappa shape index (κ2) is 6.90. The maximum Gasteiger partial charge on any atom is 0.242 e. The summed E-state index contributed by atoms with van der Waals surface area (Å²) >= 11 is 0. The minimum atomic E-state index is 0.0784. The third kappa shape index (κ3) is 3.19. The van der Waals surface area contributed by atoms with Gasteiger partial charge in [-0.15, -0.1) is 0 Å². The van der Waals surface area contributed by atoms with Gasteiger partial charge in [-0.05, 0) is 43.7 Å². The van der Waals surface area contributed by atoms with Crippen LogP contribution in [0.15, 0.2) is 24.3 Å². The molecule has 2 aromatic rings. The number of likely N-dealkylation sites (tertiary alicyclic amines) is 2. The topological polar surface area (TPSA) is 58.4 Å². The number of carbonyl (C=O) groups excluding carboxylic acids is 2. The summed E-state index contributed by atoms with van der Waals surface area (Å²) in [6.45, 7) is 5.01. The van der Waals surface area contributed by atoms with Crippen molar-refractivity contribution in [2.75, 3.05) is 19.6 Å². The molecule has 6 heteroatoms. The Morgan fingerprint density at radius 2 is 1.89 bits per heavy atom. The van der Waals surface area contributed by atoms with Crippen molar-refractivity contribution < 1.29 is 9.59 Å². The van der Waals surface area contributed by atoms with Gasteiger partial charge in [0.25, 0.3) is 0 Å². The summed E-state index contributed by atoms with van der Waals surface area (Å²) in [5.41, 5.74) is 1.91. The number of nitrogens with zero attached hydrogens (tertiary/aromatic N) is 4. The molecule has 1 aromatic carbocycles. The number of benzene rings is 1. The molecule has 0 radical (unpaired) electrons. The van der Waals surface area contributed by atoms with Crippen LogP contribution in [-0.4, -0.2) is 56.8 Å². The van der Waals surface area contributed by atoms with Crippen LogP contribution in [0.2, 0.25) is 0 Å². The van der Waals surface area contributed by atoms with Gasteiger partial charge in [0.15, 0.2) is 0 Å². The van der Waals surface area contributed by atoms with E-state index in [0.717, 1.165) is 62.2 Å². The van der Waals surface area contributed by atoms with Gasteiger partial charge in [-0.25, -0.2) is 4.98 Å². The van der Waals surface area contributed by atoms with Crippen LogP contribution in [0, 0.1) is 5.92 Å². The van der Waals surface area contributed by atoms with E-state index in [1.165, 1.54) is 0 Å². The lowest BCUT2D eigenvalue weighted by molar-refractivity contribution is -0.133. The second-order valence-corrected chi connectivity index (χ2v) is 8.79. The van der Waals surface area contributed by atoms with Gasteiger partial charge in [-0.3, -0.25) is 9.59 Å². The van der Waals surface area contributed by atoms with E-state index in [1.807, 2.05) is 34.1 Å². The Kier molecular flexibility index (Phi) is 4.37. The largest absolute Gasteiger partial charge is 0.341 e. The van der Waals surface area contributed by atoms with Gasteiger partial charge in [-0.2, -0.15) is 0 Å². The SMILES string of the molecule is CC1CCN(C(=O)Cn2c(C3CC(=O)N(C4CC4)C3)nc3ccccc32)CC1. The van der Waals surface area contributed by atoms with Crippen LogP contribution in [0.4, 0.5) is 0 Å². The molecule has 2 saturated heterocycles. The molecule has 1 unspecified atom stereocenters. The Hall–Kier alpha value is -2.37. The summed E-state index contributed by atoms with van der Waals surface area (Å²) in [5.74, 6) is 2.08. The maximum atomic E-state index is 13.0. The number of piperidine rings is 1. The van der Waals surface area contributed by atoms with Crippen LogP contribution < -0.4 is 0 Å². The summed E-state index contributed by atoms with van der Waals surface area (Å²) in [6.07, 6.45) is 4.92. The zero-order chi connectivity index (χ0) is 19.3. The number of carbonyl (C=O) groups is 2. The van der Waals surface area contributed by atoms with Gasteiger partial charge in [0.05, 0.1) is 11.0 Å². The monoisotopic (exact) mass is 380 g/mol. The fourth-order valence-corrected chi connectivity index (χ4v) is 4.71. The number of hydrogen-bond acceptors (Lipinski definition) is 3. The highest BCUT2D eigenvalue weighted by atomic mass is 16.2. The molecule has 0 N–H and O–H groups in total. The van der Waals surface area contributed by atoms with Gasteiger partial charge in [-0.1, -0.05) is 19.1 Å². The molecule has 28 heavy (non-hydrogen) atoms. The normalized spacial score (nSPS) is 23.8. The highest BCUT2D eigenvalue weighted by molar-refractivity contribution is 5.83. The quantitative estimate of drug-likeness (QED) is 0.820. The first-order valence-electron chi connectivity index (χ1n) is 10.6. The van der Waals surface area contributed by atoms with Crippen molar-refractivity contribution >= 4 is 22.8 Å². The number of aromatic nitrogens is 2. The van der Waals surface area contributed by atoms with Crippen molar-refractivity contribution in [1.82, 2.24) is 19.4 Å². The van der Waals surface area contributed by atoms with E-state index in [0.29, 0.717) is 24.9 Å². The van der Waals surface area contributed by atoms with E-state index in [-0.39, 0.29) is 17.7 Å². The molecule has 5 rings (SSSR count). The first-order chi connectivity index (χ1) is 13.6. The van der Waals surface area contributed by atoms with Crippen molar-refractivity contribution in [3.63, 3.8) is 0 Å². The second-order valence-electron chi connectivity index (χ2n) is 8.79. The number of amides is 2. The Labute approximate surface area is 165 Å². The zero-order valence-corrected chi connectivity index (χ0v) is 16.5. The predicted molar refractivity (Wildman–Crippen MR) is 107 cm³/mol. The lowest BCUT2D eigenvalue weighted by atomic mass is 9.99. The Morgan fingerprint density at radius 1 is 1.14 bits per heavy atom. The molecule has 1 aromatic heterocycles. The molecule has 1 atom stereocenters. The van der Waals surface area contributed by atoms with Gasteiger partial charge < -0.3 is 14.4 Å². The molecule has 2 amide bonds. The maximum absolute atomic E-state index is 13.0. The molecule has 0 spiro atoms. The van der Waals surface area contributed by atoms with Gasteiger partial charge in [0.1, 0.15) is 12.4 Å². The van der Waals surface area contributed by atoms with Crippen LogP contribution in [0.25, 0.3) is 11.0 Å². The molecule has 148 valence electrons. The third-order valence-electron chi connectivity index (χ3n) is 6.63. The smallest absolute Gasteiger partial charge is 0.242 e. The number of hydrogen-bond donors (Lipinski definition) is 0. The summed E-state index contributed by atoms with van der Waals surface area (Å²) in [4.78, 5) is 34.4. The molecule has 1 saturated carbocycles. The van der Waals surface area contributed by atoms with E-state index in [4.69, 9.17) is 4.98 Å². The Morgan fingerprint density at radius 3 is 2.64 bits per heavy atom. The van der Waals surface area contributed by atoms with Crippen LogP contribution >= 0.6 is 0 Å². The van der Waals surface area contributed by atoms with E-state index < -0.39 is 0 Å². The van der Waals surface area contributed by atoms with Gasteiger partial charge in [0.2, 0.25) is 11.8 Å². The predicted octanol–water partition coefficient (Wildman–Crippen LogP) is 2.77. The van der Waals surface area contributed by atoms with Crippen molar-refractivity contribution in [3.05, 3.63) is 30.1 Å². The highest BCUT2D eigenvalue weighted by Gasteiger charge is 2.41. The van der Waals surface area contributed by atoms with E-state index in [9.17, 15) is 9.59 Å². The molecule has 1 aliphatic carbocycles. The first-order valence-corrected chi connectivity index (χ1v) is 10.6.